The molecule has 0 heterocycles. The third-order valence-corrected chi connectivity index (χ3v) is 3.51. The van der Waals surface area contributed by atoms with E-state index in [1.807, 2.05) is 36.0 Å². The van der Waals surface area contributed by atoms with E-state index in [0.717, 1.165) is 18.7 Å². The molecular formula is C15H25NO3S. The highest BCUT2D eigenvalue weighted by Gasteiger charge is 2.05. The number of unbranched alkanes of at least 4 members (excludes halogenated alkanes) is 1. The van der Waals surface area contributed by atoms with Gasteiger partial charge in [0.05, 0.1) is 7.11 Å². The van der Waals surface area contributed by atoms with Crippen molar-refractivity contribution >= 4 is 11.8 Å². The van der Waals surface area contributed by atoms with Crippen LogP contribution in [0.1, 0.15) is 12.8 Å². The van der Waals surface area contributed by atoms with Crippen molar-refractivity contribution in [2.45, 2.75) is 18.9 Å². The van der Waals surface area contributed by atoms with Crippen LogP contribution in [0.4, 0.5) is 0 Å². The van der Waals surface area contributed by atoms with Gasteiger partial charge >= 0.3 is 0 Å². The molecule has 0 aliphatic heterocycles. The van der Waals surface area contributed by atoms with E-state index in [4.69, 9.17) is 9.47 Å². The average Bonchev–Trinajstić information content (AvgIpc) is 2.49. The van der Waals surface area contributed by atoms with Crippen LogP contribution < -0.4 is 14.8 Å². The van der Waals surface area contributed by atoms with Gasteiger partial charge in [-0.15, -0.1) is 0 Å². The molecule has 1 rings (SSSR count). The summed E-state index contributed by atoms with van der Waals surface area (Å²) in [5.74, 6) is 2.66. The lowest BCUT2D eigenvalue weighted by Crippen LogP contribution is -2.32. The predicted octanol–water partition coefficient (Wildman–Crippen LogP) is 2.17. The van der Waals surface area contributed by atoms with Gasteiger partial charge in [-0.2, -0.15) is 11.8 Å². The number of benzene rings is 1. The summed E-state index contributed by atoms with van der Waals surface area (Å²) >= 11 is 1.87. The summed E-state index contributed by atoms with van der Waals surface area (Å²) in [7, 11) is 1.62. The number of hydrogen-bond acceptors (Lipinski definition) is 5. The minimum atomic E-state index is -0.498. The predicted molar refractivity (Wildman–Crippen MR) is 85.0 cm³/mol. The number of rotatable bonds is 11. The highest BCUT2D eigenvalue weighted by atomic mass is 32.2. The summed E-state index contributed by atoms with van der Waals surface area (Å²) in [6, 6.07) is 7.39. The Hall–Kier alpha value is -0.910. The summed E-state index contributed by atoms with van der Waals surface area (Å²) in [6.45, 7) is 1.78. The first-order chi connectivity index (χ1) is 9.76. The van der Waals surface area contributed by atoms with Crippen molar-refractivity contribution in [3.05, 3.63) is 24.3 Å². The normalized spacial score (nSPS) is 12.2. The summed E-state index contributed by atoms with van der Waals surface area (Å²) in [5, 5.41) is 13.1. The molecule has 1 aromatic carbocycles. The van der Waals surface area contributed by atoms with Crippen LogP contribution in [0, 0.1) is 0 Å². The zero-order valence-corrected chi connectivity index (χ0v) is 13.1. The van der Waals surface area contributed by atoms with Crippen molar-refractivity contribution in [3.63, 3.8) is 0 Å². The van der Waals surface area contributed by atoms with Gasteiger partial charge in [0, 0.05) is 12.6 Å². The zero-order chi connectivity index (χ0) is 14.6. The first-order valence-electron chi connectivity index (χ1n) is 6.91. The Labute approximate surface area is 125 Å². The third-order valence-electron chi connectivity index (χ3n) is 2.82. The van der Waals surface area contributed by atoms with Crippen LogP contribution in [0.3, 0.4) is 0 Å². The van der Waals surface area contributed by atoms with Crippen LogP contribution in [0.15, 0.2) is 24.3 Å². The summed E-state index contributed by atoms with van der Waals surface area (Å²) in [6.07, 6.45) is 3.98. The Balaban J connectivity index is 2.11. The van der Waals surface area contributed by atoms with Gasteiger partial charge in [0.1, 0.15) is 24.2 Å². The molecule has 0 aliphatic rings. The molecule has 1 unspecified atom stereocenters. The van der Waals surface area contributed by atoms with Crippen LogP contribution in [-0.4, -0.2) is 50.0 Å². The Morgan fingerprint density at radius 3 is 2.85 bits per heavy atom. The van der Waals surface area contributed by atoms with Crippen LogP contribution in [0.2, 0.25) is 0 Å². The molecule has 0 aliphatic carbocycles. The van der Waals surface area contributed by atoms with E-state index in [0.29, 0.717) is 12.3 Å². The molecule has 114 valence electrons. The number of aliphatic hydroxyl groups is 1. The molecule has 1 aromatic rings. The van der Waals surface area contributed by atoms with Crippen LogP contribution in [0.5, 0.6) is 11.5 Å². The van der Waals surface area contributed by atoms with E-state index in [-0.39, 0.29) is 6.61 Å². The van der Waals surface area contributed by atoms with E-state index >= 15 is 0 Å². The second-order valence-corrected chi connectivity index (χ2v) is 5.53. The molecule has 1 atom stereocenters. The molecule has 0 aromatic heterocycles. The van der Waals surface area contributed by atoms with Gasteiger partial charge in [0.15, 0.2) is 0 Å². The van der Waals surface area contributed by atoms with E-state index in [1.165, 1.54) is 12.2 Å². The lowest BCUT2D eigenvalue weighted by Gasteiger charge is -2.13. The zero-order valence-electron chi connectivity index (χ0n) is 12.3. The number of thioether (sulfide) groups is 1. The summed E-state index contributed by atoms with van der Waals surface area (Å²) < 4.78 is 10.6. The van der Waals surface area contributed by atoms with Gasteiger partial charge in [-0.1, -0.05) is 6.07 Å². The topological polar surface area (TPSA) is 50.7 Å². The SMILES string of the molecule is COc1cccc(OCC(O)CNCCCCSC)c1. The average molecular weight is 299 g/mol. The molecule has 0 spiro atoms. The first kappa shape index (κ1) is 17.1. The van der Waals surface area contributed by atoms with Crippen molar-refractivity contribution in [2.24, 2.45) is 0 Å². The van der Waals surface area contributed by atoms with Crippen molar-refractivity contribution in [2.75, 3.05) is 38.8 Å². The van der Waals surface area contributed by atoms with Crippen molar-refractivity contribution in [1.82, 2.24) is 5.32 Å². The monoisotopic (exact) mass is 299 g/mol. The maximum Gasteiger partial charge on any atom is 0.123 e. The van der Waals surface area contributed by atoms with E-state index in [1.54, 1.807) is 7.11 Å². The lowest BCUT2D eigenvalue weighted by molar-refractivity contribution is 0.106. The first-order valence-corrected chi connectivity index (χ1v) is 8.30. The maximum atomic E-state index is 9.82. The van der Waals surface area contributed by atoms with E-state index in [9.17, 15) is 5.11 Å². The molecular weight excluding hydrogens is 274 g/mol. The van der Waals surface area contributed by atoms with Crippen LogP contribution >= 0.6 is 11.8 Å². The third kappa shape index (κ3) is 7.62. The Morgan fingerprint density at radius 1 is 1.30 bits per heavy atom. The van der Waals surface area contributed by atoms with Gasteiger partial charge < -0.3 is 19.9 Å². The largest absolute Gasteiger partial charge is 0.497 e. The molecule has 5 heteroatoms. The van der Waals surface area contributed by atoms with Crippen molar-refractivity contribution in [1.29, 1.82) is 0 Å². The van der Waals surface area contributed by atoms with E-state index < -0.39 is 6.10 Å². The van der Waals surface area contributed by atoms with Crippen LogP contribution in [0.25, 0.3) is 0 Å². The molecule has 0 saturated carbocycles. The second-order valence-electron chi connectivity index (χ2n) is 4.55. The second kappa shape index (κ2) is 10.8. The van der Waals surface area contributed by atoms with Crippen molar-refractivity contribution in [3.8, 4) is 11.5 Å². The molecule has 0 bridgehead atoms. The molecule has 0 radical (unpaired) electrons. The van der Waals surface area contributed by atoms with Gasteiger partial charge in [0.2, 0.25) is 0 Å². The Morgan fingerprint density at radius 2 is 2.10 bits per heavy atom. The molecule has 4 nitrogen and oxygen atoms in total. The number of aliphatic hydroxyl groups excluding tert-OH is 1. The smallest absolute Gasteiger partial charge is 0.123 e. The fourth-order valence-electron chi connectivity index (χ4n) is 1.71. The van der Waals surface area contributed by atoms with Gasteiger partial charge in [0.25, 0.3) is 0 Å². The van der Waals surface area contributed by atoms with E-state index in [2.05, 4.69) is 11.6 Å². The minimum absolute atomic E-state index is 0.283. The highest BCUT2D eigenvalue weighted by molar-refractivity contribution is 7.98. The summed E-state index contributed by atoms with van der Waals surface area (Å²) in [4.78, 5) is 0. The van der Waals surface area contributed by atoms with Crippen molar-refractivity contribution < 1.29 is 14.6 Å². The van der Waals surface area contributed by atoms with Gasteiger partial charge in [-0.05, 0) is 43.5 Å². The fraction of sp³-hybridized carbons (Fsp3) is 0.600. The fourth-order valence-corrected chi connectivity index (χ4v) is 2.20. The lowest BCUT2D eigenvalue weighted by atomic mass is 10.3. The maximum absolute atomic E-state index is 9.82. The molecule has 0 fully saturated rings. The van der Waals surface area contributed by atoms with Gasteiger partial charge in [-0.3, -0.25) is 0 Å². The minimum Gasteiger partial charge on any atom is -0.497 e. The Bertz CT molecular complexity index is 363. The Kier molecular flexibility index (Phi) is 9.28. The molecule has 2 N–H and O–H groups in total. The number of nitrogens with one attached hydrogen (secondary N) is 1. The standard InChI is InChI=1S/C15H25NO3S/c1-18-14-6-5-7-15(10-14)19-12-13(17)11-16-8-3-4-9-20-2/h5-7,10,13,16-17H,3-4,8-9,11-12H2,1-2H3. The molecule has 0 amide bonds. The molecule has 0 saturated heterocycles. The highest BCUT2D eigenvalue weighted by Crippen LogP contribution is 2.18. The quantitative estimate of drug-likeness (QED) is 0.613. The molecule has 20 heavy (non-hydrogen) atoms. The van der Waals surface area contributed by atoms with Gasteiger partial charge in [-0.25, -0.2) is 0 Å². The summed E-state index contributed by atoms with van der Waals surface area (Å²) in [5.41, 5.74) is 0. The number of ether oxygens (including phenoxy) is 2. The number of methoxy groups -OCH3 is 1. The van der Waals surface area contributed by atoms with Crippen LogP contribution in [-0.2, 0) is 0 Å². The number of hydrogen-bond donors (Lipinski definition) is 2.